The molecule has 1 aromatic carbocycles. The highest BCUT2D eigenvalue weighted by Gasteiger charge is 2.32. The van der Waals surface area contributed by atoms with E-state index in [4.69, 9.17) is 0 Å². The van der Waals surface area contributed by atoms with Crippen molar-refractivity contribution in [1.29, 1.82) is 0 Å². The fourth-order valence-electron chi connectivity index (χ4n) is 3.49. The first-order valence-corrected chi connectivity index (χ1v) is 11.2. The number of sulfonamides is 1. The molecule has 0 saturated carbocycles. The zero-order valence-electron chi connectivity index (χ0n) is 16.3. The van der Waals surface area contributed by atoms with Crippen molar-refractivity contribution in [2.75, 3.05) is 19.6 Å². The van der Waals surface area contributed by atoms with Gasteiger partial charge in [0.2, 0.25) is 15.9 Å². The van der Waals surface area contributed by atoms with E-state index in [9.17, 15) is 13.2 Å². The first kappa shape index (κ1) is 20.9. The van der Waals surface area contributed by atoms with Crippen LogP contribution < -0.4 is 5.32 Å². The zero-order chi connectivity index (χ0) is 19.2. The van der Waals surface area contributed by atoms with Gasteiger partial charge in [-0.3, -0.25) is 4.79 Å². The van der Waals surface area contributed by atoms with Crippen molar-refractivity contribution in [3.63, 3.8) is 0 Å². The molecule has 1 fully saturated rings. The maximum atomic E-state index is 12.9. The van der Waals surface area contributed by atoms with Crippen molar-refractivity contribution in [2.45, 2.75) is 64.2 Å². The number of nitrogens with one attached hydrogen (secondary N) is 1. The zero-order valence-corrected chi connectivity index (χ0v) is 17.1. The van der Waals surface area contributed by atoms with Gasteiger partial charge in [-0.25, -0.2) is 8.42 Å². The lowest BCUT2D eigenvalue weighted by Crippen LogP contribution is -2.43. The van der Waals surface area contributed by atoms with Gasteiger partial charge in [-0.1, -0.05) is 43.9 Å². The lowest BCUT2D eigenvalue weighted by Gasteiger charge is -2.31. The quantitative estimate of drug-likeness (QED) is 0.703. The van der Waals surface area contributed by atoms with Crippen LogP contribution in [0.5, 0.6) is 0 Å². The Labute approximate surface area is 158 Å². The van der Waals surface area contributed by atoms with Crippen LogP contribution >= 0.6 is 0 Å². The Morgan fingerprint density at radius 2 is 1.85 bits per heavy atom. The summed E-state index contributed by atoms with van der Waals surface area (Å²) >= 11 is 0. The third kappa shape index (κ3) is 5.30. The van der Waals surface area contributed by atoms with Gasteiger partial charge in [-0.15, -0.1) is 0 Å². The molecule has 6 heteroatoms. The fourth-order valence-corrected chi connectivity index (χ4v) is 5.17. The number of benzene rings is 1. The van der Waals surface area contributed by atoms with E-state index >= 15 is 0 Å². The molecular weight excluding hydrogens is 348 g/mol. The van der Waals surface area contributed by atoms with E-state index in [1.807, 2.05) is 26.0 Å². The molecule has 1 saturated heterocycles. The lowest BCUT2D eigenvalue weighted by atomic mass is 9.97. The number of nitrogens with zero attached hydrogens (tertiary/aromatic N) is 1. The van der Waals surface area contributed by atoms with Gasteiger partial charge in [-0.05, 0) is 44.7 Å². The third-order valence-corrected chi connectivity index (χ3v) is 7.16. The molecule has 146 valence electrons. The van der Waals surface area contributed by atoms with Crippen molar-refractivity contribution in [2.24, 2.45) is 5.92 Å². The smallest absolute Gasteiger partial charge is 0.243 e. The Bertz CT molecular complexity index is 708. The van der Waals surface area contributed by atoms with Gasteiger partial charge >= 0.3 is 0 Å². The van der Waals surface area contributed by atoms with Crippen molar-refractivity contribution < 1.29 is 13.2 Å². The molecular formula is C20H32N2O3S. The highest BCUT2D eigenvalue weighted by molar-refractivity contribution is 7.89. The highest BCUT2D eigenvalue weighted by Crippen LogP contribution is 2.26. The Hall–Kier alpha value is -1.40. The van der Waals surface area contributed by atoms with Crippen LogP contribution in [0.15, 0.2) is 23.1 Å². The van der Waals surface area contributed by atoms with Gasteiger partial charge in [0, 0.05) is 25.6 Å². The summed E-state index contributed by atoms with van der Waals surface area (Å²) in [5, 5.41) is 3.00. The van der Waals surface area contributed by atoms with E-state index in [0.717, 1.165) is 30.5 Å². The molecule has 0 atom stereocenters. The van der Waals surface area contributed by atoms with Gasteiger partial charge in [0.25, 0.3) is 0 Å². The van der Waals surface area contributed by atoms with E-state index < -0.39 is 10.0 Å². The second-order valence-corrected chi connectivity index (χ2v) is 9.21. The molecule has 1 aromatic rings. The van der Waals surface area contributed by atoms with Crippen LogP contribution in [0.4, 0.5) is 0 Å². The Balaban J connectivity index is 1.88. The van der Waals surface area contributed by atoms with Gasteiger partial charge < -0.3 is 5.32 Å². The number of aryl methyl sites for hydroxylation is 2. The monoisotopic (exact) mass is 380 g/mol. The number of rotatable bonds is 8. The maximum Gasteiger partial charge on any atom is 0.243 e. The SMILES string of the molecule is CCCCCCNC(=O)C1CCN(S(=O)(=O)c2ccc(C)cc2C)CC1. The number of piperidine rings is 1. The first-order chi connectivity index (χ1) is 12.4. The van der Waals surface area contributed by atoms with Crippen LogP contribution in [0.2, 0.25) is 0 Å². The summed E-state index contributed by atoms with van der Waals surface area (Å²) in [5.41, 5.74) is 1.83. The van der Waals surface area contributed by atoms with Crippen LogP contribution in [0.1, 0.15) is 56.6 Å². The maximum absolute atomic E-state index is 12.9. The minimum Gasteiger partial charge on any atom is -0.356 e. The van der Waals surface area contributed by atoms with Gasteiger partial charge in [-0.2, -0.15) is 4.31 Å². The second-order valence-electron chi connectivity index (χ2n) is 7.30. The summed E-state index contributed by atoms with van der Waals surface area (Å²) in [6.45, 7) is 7.49. The van der Waals surface area contributed by atoms with E-state index in [2.05, 4.69) is 12.2 Å². The molecule has 5 nitrogen and oxygen atoms in total. The normalized spacial score (nSPS) is 16.6. The van der Waals surface area contributed by atoms with Crippen LogP contribution in [0.3, 0.4) is 0 Å². The summed E-state index contributed by atoms with van der Waals surface area (Å²) in [6.07, 6.45) is 5.71. The predicted molar refractivity (Wildman–Crippen MR) is 105 cm³/mol. The molecule has 0 aliphatic carbocycles. The van der Waals surface area contributed by atoms with Crippen molar-refractivity contribution >= 4 is 15.9 Å². The fraction of sp³-hybridized carbons (Fsp3) is 0.650. The summed E-state index contributed by atoms with van der Waals surface area (Å²) < 4.78 is 27.3. The minimum absolute atomic E-state index is 0.0741. The molecule has 0 aromatic heterocycles. The van der Waals surface area contributed by atoms with Crippen LogP contribution in [0, 0.1) is 19.8 Å². The van der Waals surface area contributed by atoms with E-state index in [0.29, 0.717) is 30.8 Å². The van der Waals surface area contributed by atoms with Gasteiger partial charge in [0.1, 0.15) is 0 Å². The largest absolute Gasteiger partial charge is 0.356 e. The first-order valence-electron chi connectivity index (χ1n) is 9.71. The van der Waals surface area contributed by atoms with Gasteiger partial charge in [0.05, 0.1) is 4.90 Å². The number of carbonyl (C=O) groups excluding carboxylic acids is 1. The van der Waals surface area contributed by atoms with Crippen molar-refractivity contribution in [1.82, 2.24) is 9.62 Å². The molecule has 2 rings (SSSR count). The molecule has 1 aliphatic rings. The number of hydrogen-bond donors (Lipinski definition) is 1. The van der Waals surface area contributed by atoms with Crippen LogP contribution in [-0.4, -0.2) is 38.3 Å². The molecule has 0 radical (unpaired) electrons. The Kier molecular flexibility index (Phi) is 7.65. The van der Waals surface area contributed by atoms with Crippen LogP contribution in [-0.2, 0) is 14.8 Å². The average Bonchev–Trinajstić information content (AvgIpc) is 2.61. The molecule has 26 heavy (non-hydrogen) atoms. The summed E-state index contributed by atoms with van der Waals surface area (Å²) in [7, 11) is -3.48. The Morgan fingerprint density at radius 1 is 1.15 bits per heavy atom. The topological polar surface area (TPSA) is 66.5 Å². The predicted octanol–water partition coefficient (Wildman–Crippen LogP) is 3.40. The van der Waals surface area contributed by atoms with E-state index in [1.54, 1.807) is 6.07 Å². The summed E-state index contributed by atoms with van der Waals surface area (Å²) in [5.74, 6) is -0.00296. The third-order valence-electron chi connectivity index (χ3n) is 5.10. The minimum atomic E-state index is -3.48. The molecule has 0 bridgehead atoms. The average molecular weight is 381 g/mol. The lowest BCUT2D eigenvalue weighted by molar-refractivity contribution is -0.126. The van der Waals surface area contributed by atoms with E-state index in [1.165, 1.54) is 17.1 Å². The number of carbonyl (C=O) groups is 1. The number of unbranched alkanes of at least 4 members (excludes halogenated alkanes) is 3. The summed E-state index contributed by atoms with van der Waals surface area (Å²) in [6, 6.07) is 5.42. The molecule has 0 spiro atoms. The van der Waals surface area contributed by atoms with E-state index in [-0.39, 0.29) is 11.8 Å². The Morgan fingerprint density at radius 3 is 2.46 bits per heavy atom. The number of hydrogen-bond acceptors (Lipinski definition) is 3. The highest BCUT2D eigenvalue weighted by atomic mass is 32.2. The van der Waals surface area contributed by atoms with Crippen molar-refractivity contribution in [3.8, 4) is 0 Å². The molecule has 0 unspecified atom stereocenters. The van der Waals surface area contributed by atoms with Crippen LogP contribution in [0.25, 0.3) is 0 Å². The molecule has 1 heterocycles. The number of amides is 1. The molecule has 1 N–H and O–H groups in total. The van der Waals surface area contributed by atoms with Gasteiger partial charge in [0.15, 0.2) is 0 Å². The molecule has 1 aliphatic heterocycles. The second kappa shape index (κ2) is 9.51. The summed E-state index contributed by atoms with van der Waals surface area (Å²) in [4.78, 5) is 12.6. The molecule has 1 amide bonds. The standard InChI is InChI=1S/C20H32N2O3S/c1-4-5-6-7-12-21-20(23)18-10-13-22(14-11-18)26(24,25)19-9-8-16(2)15-17(19)3/h8-9,15,18H,4-7,10-14H2,1-3H3,(H,21,23). The van der Waals surface area contributed by atoms with Crippen molar-refractivity contribution in [3.05, 3.63) is 29.3 Å².